The summed E-state index contributed by atoms with van der Waals surface area (Å²) in [6.45, 7) is 0. The molecule has 23 heavy (non-hydrogen) atoms. The lowest BCUT2D eigenvalue weighted by Gasteiger charge is -2.42. The molecule has 3 heteroatoms. The predicted octanol–water partition coefficient (Wildman–Crippen LogP) is 6.73. The van der Waals surface area contributed by atoms with Crippen LogP contribution in [0, 0.1) is 0 Å². The van der Waals surface area contributed by atoms with Crippen molar-refractivity contribution < 1.29 is 8.85 Å². The standard InChI is InChI=1S/C20H40O2Si/c1-21-23(22-2,20-17-13-9-6-10-14-18-20)19-15-11-7-4-3-5-8-12-16-19/h19-20H,3-18H2,1-2H3. The second-order valence-electron chi connectivity index (χ2n) is 7.92. The van der Waals surface area contributed by atoms with Crippen molar-refractivity contribution in [1.82, 2.24) is 0 Å². The van der Waals surface area contributed by atoms with Crippen LogP contribution in [0.15, 0.2) is 0 Å². The molecule has 0 amide bonds. The summed E-state index contributed by atoms with van der Waals surface area (Å²) in [6.07, 6.45) is 22.4. The summed E-state index contributed by atoms with van der Waals surface area (Å²) < 4.78 is 12.7. The Morgan fingerprint density at radius 2 is 0.739 bits per heavy atom. The quantitative estimate of drug-likeness (QED) is 0.528. The van der Waals surface area contributed by atoms with Gasteiger partial charge < -0.3 is 8.85 Å². The fraction of sp³-hybridized carbons (Fsp3) is 1.00. The zero-order chi connectivity index (χ0) is 16.4. The van der Waals surface area contributed by atoms with Crippen LogP contribution in [0.1, 0.15) is 103 Å². The van der Waals surface area contributed by atoms with Gasteiger partial charge in [-0.25, -0.2) is 0 Å². The highest BCUT2D eigenvalue weighted by Crippen LogP contribution is 2.46. The molecule has 2 aliphatic rings. The molecule has 2 aliphatic carbocycles. The summed E-state index contributed by atoms with van der Waals surface area (Å²) >= 11 is 0. The van der Waals surface area contributed by atoms with E-state index in [0.717, 1.165) is 11.1 Å². The van der Waals surface area contributed by atoms with Crippen molar-refractivity contribution in [2.75, 3.05) is 14.2 Å². The van der Waals surface area contributed by atoms with Gasteiger partial charge in [0.2, 0.25) is 0 Å². The van der Waals surface area contributed by atoms with Crippen molar-refractivity contribution in [2.24, 2.45) is 0 Å². The lowest BCUT2D eigenvalue weighted by atomic mass is 10.00. The van der Waals surface area contributed by atoms with E-state index >= 15 is 0 Å². The first kappa shape index (κ1) is 19.5. The molecule has 2 rings (SSSR count). The smallest absolute Gasteiger partial charge is 0.344 e. The van der Waals surface area contributed by atoms with Gasteiger partial charge in [-0.2, -0.15) is 0 Å². The molecule has 2 saturated carbocycles. The molecule has 0 bridgehead atoms. The van der Waals surface area contributed by atoms with Crippen LogP contribution in [0.25, 0.3) is 0 Å². The number of hydrogen-bond acceptors (Lipinski definition) is 2. The van der Waals surface area contributed by atoms with Crippen molar-refractivity contribution in [3.8, 4) is 0 Å². The number of rotatable bonds is 4. The van der Waals surface area contributed by atoms with Crippen LogP contribution in [0.3, 0.4) is 0 Å². The van der Waals surface area contributed by atoms with Crippen molar-refractivity contribution in [3.05, 3.63) is 0 Å². The lowest BCUT2D eigenvalue weighted by molar-refractivity contribution is 0.199. The lowest BCUT2D eigenvalue weighted by Crippen LogP contribution is -2.50. The van der Waals surface area contributed by atoms with Crippen LogP contribution >= 0.6 is 0 Å². The van der Waals surface area contributed by atoms with Gasteiger partial charge in [0.1, 0.15) is 0 Å². The molecule has 0 aromatic heterocycles. The maximum Gasteiger partial charge on any atom is 0.344 e. The molecule has 0 heterocycles. The van der Waals surface area contributed by atoms with Gasteiger partial charge in [0.05, 0.1) is 0 Å². The Morgan fingerprint density at radius 1 is 0.478 bits per heavy atom. The third kappa shape index (κ3) is 5.57. The van der Waals surface area contributed by atoms with Gasteiger partial charge in [0.15, 0.2) is 0 Å². The maximum atomic E-state index is 6.35. The molecule has 0 radical (unpaired) electrons. The van der Waals surface area contributed by atoms with Gasteiger partial charge in [-0.15, -0.1) is 0 Å². The Balaban J connectivity index is 2.10. The monoisotopic (exact) mass is 340 g/mol. The van der Waals surface area contributed by atoms with Crippen molar-refractivity contribution >= 4 is 8.56 Å². The van der Waals surface area contributed by atoms with Crippen LogP contribution in [-0.4, -0.2) is 22.8 Å². The summed E-state index contributed by atoms with van der Waals surface area (Å²) in [4.78, 5) is 0. The Morgan fingerprint density at radius 3 is 1.00 bits per heavy atom. The van der Waals surface area contributed by atoms with Gasteiger partial charge in [0.25, 0.3) is 0 Å². The third-order valence-electron chi connectivity index (χ3n) is 6.49. The Bertz CT molecular complexity index is 286. The third-order valence-corrected chi connectivity index (χ3v) is 11.2. The molecule has 0 saturated heterocycles. The zero-order valence-electron chi connectivity index (χ0n) is 15.8. The molecule has 0 aliphatic heterocycles. The topological polar surface area (TPSA) is 18.5 Å². The fourth-order valence-electron chi connectivity index (χ4n) is 5.15. The average Bonchev–Trinajstić information content (AvgIpc) is 2.56. The van der Waals surface area contributed by atoms with Crippen molar-refractivity contribution in [2.45, 2.75) is 114 Å². The first-order chi connectivity index (χ1) is 11.3. The summed E-state index contributed by atoms with van der Waals surface area (Å²) in [5, 5.41) is 0. The molecule has 136 valence electrons. The van der Waals surface area contributed by atoms with Gasteiger partial charge in [0, 0.05) is 25.3 Å². The molecule has 0 aromatic rings. The minimum absolute atomic E-state index is 0.722. The van der Waals surface area contributed by atoms with Crippen molar-refractivity contribution in [1.29, 1.82) is 0 Å². The first-order valence-corrected chi connectivity index (χ1v) is 12.4. The predicted molar refractivity (Wildman–Crippen MR) is 101 cm³/mol. The highest BCUT2D eigenvalue weighted by Gasteiger charge is 2.49. The highest BCUT2D eigenvalue weighted by molar-refractivity contribution is 6.70. The van der Waals surface area contributed by atoms with Crippen LogP contribution in [-0.2, 0) is 8.85 Å². The van der Waals surface area contributed by atoms with E-state index < -0.39 is 8.56 Å². The Hall–Kier alpha value is 0.137. The summed E-state index contributed by atoms with van der Waals surface area (Å²) in [5.41, 5.74) is 1.45. The molecule has 0 N–H and O–H groups in total. The summed E-state index contributed by atoms with van der Waals surface area (Å²) in [6, 6.07) is 0. The molecular formula is C20H40O2Si. The molecule has 0 spiro atoms. The van der Waals surface area contributed by atoms with E-state index in [0.29, 0.717) is 0 Å². The van der Waals surface area contributed by atoms with Gasteiger partial charge in [-0.1, -0.05) is 77.0 Å². The van der Waals surface area contributed by atoms with E-state index in [4.69, 9.17) is 8.85 Å². The largest absolute Gasteiger partial charge is 0.397 e. The fourth-order valence-corrected chi connectivity index (χ4v) is 9.75. The minimum Gasteiger partial charge on any atom is -0.397 e. The molecule has 2 nitrogen and oxygen atoms in total. The van der Waals surface area contributed by atoms with E-state index in [1.165, 1.54) is 103 Å². The van der Waals surface area contributed by atoms with Gasteiger partial charge in [-0.3, -0.25) is 0 Å². The normalized spacial score (nSPS) is 24.8. The molecule has 2 fully saturated rings. The van der Waals surface area contributed by atoms with E-state index in [-0.39, 0.29) is 0 Å². The van der Waals surface area contributed by atoms with Crippen LogP contribution in [0.4, 0.5) is 0 Å². The van der Waals surface area contributed by atoms with Crippen LogP contribution < -0.4 is 0 Å². The maximum absolute atomic E-state index is 6.35. The van der Waals surface area contributed by atoms with E-state index in [1.54, 1.807) is 0 Å². The van der Waals surface area contributed by atoms with Crippen LogP contribution in [0.2, 0.25) is 11.1 Å². The Kier molecular flexibility index (Phi) is 9.21. The van der Waals surface area contributed by atoms with Crippen molar-refractivity contribution in [3.63, 3.8) is 0 Å². The molecule has 0 unspecified atom stereocenters. The summed E-state index contributed by atoms with van der Waals surface area (Å²) in [7, 11) is 1.84. The van der Waals surface area contributed by atoms with E-state index in [2.05, 4.69) is 0 Å². The summed E-state index contributed by atoms with van der Waals surface area (Å²) in [5.74, 6) is 0. The Labute approximate surface area is 146 Å². The highest BCUT2D eigenvalue weighted by atomic mass is 28.4. The second kappa shape index (κ2) is 10.9. The van der Waals surface area contributed by atoms with Gasteiger partial charge >= 0.3 is 8.56 Å². The molecule has 0 atom stereocenters. The average molecular weight is 341 g/mol. The first-order valence-electron chi connectivity index (χ1n) is 10.4. The van der Waals surface area contributed by atoms with E-state index in [9.17, 15) is 0 Å². The molecular weight excluding hydrogens is 300 g/mol. The van der Waals surface area contributed by atoms with Gasteiger partial charge in [-0.05, 0) is 25.7 Å². The minimum atomic E-state index is -2.09. The van der Waals surface area contributed by atoms with E-state index in [1.807, 2.05) is 14.2 Å². The SMILES string of the molecule is CO[Si](OC)(C1CCCCCCCCC1)C1CCCCCCC1. The molecule has 0 aromatic carbocycles. The van der Waals surface area contributed by atoms with Crippen LogP contribution in [0.5, 0.6) is 0 Å². The second-order valence-corrected chi connectivity index (χ2v) is 11.8. The number of hydrogen-bond donors (Lipinski definition) is 0. The zero-order valence-corrected chi connectivity index (χ0v) is 16.8.